The molecule has 4 rings (SSSR count). The number of aromatic amines is 1. The number of hydrogen-bond donors (Lipinski definition) is 3. The lowest BCUT2D eigenvalue weighted by Gasteiger charge is -2.35. The number of halogens is 1. The number of fused-ring (bicyclic) bond motifs is 1. The van der Waals surface area contributed by atoms with E-state index in [2.05, 4.69) is 20.6 Å². The lowest BCUT2D eigenvalue weighted by molar-refractivity contribution is 0.0559. The number of anilines is 1. The Morgan fingerprint density at radius 2 is 1.81 bits per heavy atom. The van der Waals surface area contributed by atoms with Crippen LogP contribution >= 0.6 is 0 Å². The first-order valence-corrected chi connectivity index (χ1v) is 13.0. The van der Waals surface area contributed by atoms with Crippen molar-refractivity contribution in [3.05, 3.63) is 65.6 Å². The number of H-pyrrole nitrogens is 1. The highest BCUT2D eigenvalue weighted by atomic mass is 32.2. The standard InChI is InChI=1S/C25H28FN5O5S/c1-24(2,3)36-23(33)29-22-30-25(4,14-37(34,35)31(22)5)19-13-27-20-11-10-17(12-18(19)20)28-21(32)15-6-8-16(26)9-7-15/h6-13,27H,14H2,1-5H3,(H,28,32)(H,29,30,33)/t25-/m0/s1. The van der Waals surface area contributed by atoms with E-state index in [9.17, 15) is 22.4 Å². The van der Waals surface area contributed by atoms with Crippen LogP contribution in [0.4, 0.5) is 14.9 Å². The highest BCUT2D eigenvalue weighted by molar-refractivity contribution is 7.89. The number of ether oxygens (including phenoxy) is 1. The first kappa shape index (κ1) is 26.1. The molecule has 0 saturated carbocycles. The lowest BCUT2D eigenvalue weighted by Crippen LogP contribution is -2.54. The fraction of sp³-hybridized carbons (Fsp3) is 0.320. The zero-order valence-electron chi connectivity index (χ0n) is 21.0. The van der Waals surface area contributed by atoms with Crippen LogP contribution in [0.5, 0.6) is 0 Å². The minimum absolute atomic E-state index is 0.168. The van der Waals surface area contributed by atoms with Crippen molar-refractivity contribution in [2.24, 2.45) is 4.99 Å². The third kappa shape index (κ3) is 5.58. The molecule has 2 amide bonds. The van der Waals surface area contributed by atoms with E-state index in [1.54, 1.807) is 52.1 Å². The van der Waals surface area contributed by atoms with E-state index in [4.69, 9.17) is 4.74 Å². The van der Waals surface area contributed by atoms with Crippen LogP contribution in [0, 0.1) is 5.82 Å². The van der Waals surface area contributed by atoms with Crippen LogP contribution in [-0.2, 0) is 20.3 Å². The Balaban J connectivity index is 1.70. The average Bonchev–Trinajstić information content (AvgIpc) is 3.20. The molecule has 0 aliphatic carbocycles. The molecular weight excluding hydrogens is 501 g/mol. The van der Waals surface area contributed by atoms with Gasteiger partial charge in [0, 0.05) is 41.0 Å². The zero-order valence-corrected chi connectivity index (χ0v) is 21.9. The van der Waals surface area contributed by atoms with Crippen molar-refractivity contribution in [1.29, 1.82) is 0 Å². The molecule has 1 aromatic heterocycles. The Morgan fingerprint density at radius 3 is 2.46 bits per heavy atom. The number of rotatable bonds is 3. The molecule has 1 aliphatic rings. The number of aliphatic imine (C=N–C) groups is 1. The summed E-state index contributed by atoms with van der Waals surface area (Å²) in [6.45, 7) is 6.73. The van der Waals surface area contributed by atoms with Gasteiger partial charge >= 0.3 is 6.09 Å². The molecule has 0 unspecified atom stereocenters. The van der Waals surface area contributed by atoms with Crippen LogP contribution in [0.15, 0.2) is 53.7 Å². The first-order chi connectivity index (χ1) is 17.2. The Kier molecular flexibility index (Phi) is 6.49. The van der Waals surface area contributed by atoms with Gasteiger partial charge in [-0.1, -0.05) is 0 Å². The smallest absolute Gasteiger partial charge is 0.414 e. The first-order valence-electron chi connectivity index (χ1n) is 11.4. The van der Waals surface area contributed by atoms with Gasteiger partial charge in [-0.2, -0.15) is 0 Å². The number of guanidine groups is 1. The van der Waals surface area contributed by atoms with E-state index in [-0.39, 0.29) is 17.3 Å². The molecule has 10 nitrogen and oxygen atoms in total. The van der Waals surface area contributed by atoms with Crippen molar-refractivity contribution < 1.29 is 27.1 Å². The molecule has 0 bridgehead atoms. The second-order valence-corrected chi connectivity index (χ2v) is 12.0. The van der Waals surface area contributed by atoms with E-state index in [0.717, 1.165) is 4.31 Å². The van der Waals surface area contributed by atoms with E-state index >= 15 is 0 Å². The Bertz CT molecular complexity index is 1510. The van der Waals surface area contributed by atoms with Crippen molar-refractivity contribution in [3.8, 4) is 0 Å². The number of nitrogens with zero attached hydrogens (tertiary/aromatic N) is 2. The average molecular weight is 530 g/mol. The fourth-order valence-corrected chi connectivity index (χ4v) is 5.48. The highest BCUT2D eigenvalue weighted by Gasteiger charge is 2.43. The minimum Gasteiger partial charge on any atom is -0.444 e. The van der Waals surface area contributed by atoms with Crippen LogP contribution < -0.4 is 10.6 Å². The molecule has 2 heterocycles. The summed E-state index contributed by atoms with van der Waals surface area (Å²) in [4.78, 5) is 32.7. The lowest BCUT2D eigenvalue weighted by atomic mass is 9.94. The number of aromatic nitrogens is 1. The molecule has 0 spiro atoms. The normalized spacial score (nSPS) is 19.3. The van der Waals surface area contributed by atoms with E-state index in [0.29, 0.717) is 22.2 Å². The van der Waals surface area contributed by atoms with Gasteiger partial charge in [-0.15, -0.1) is 0 Å². The maximum Gasteiger partial charge on any atom is 0.414 e. The molecule has 0 radical (unpaired) electrons. The van der Waals surface area contributed by atoms with Gasteiger partial charge in [0.1, 0.15) is 17.0 Å². The summed E-state index contributed by atoms with van der Waals surface area (Å²) in [5.41, 5.74) is -0.0615. The summed E-state index contributed by atoms with van der Waals surface area (Å²) in [7, 11) is -2.54. The largest absolute Gasteiger partial charge is 0.444 e. The van der Waals surface area contributed by atoms with Crippen molar-refractivity contribution in [3.63, 3.8) is 0 Å². The Morgan fingerprint density at radius 1 is 1.14 bits per heavy atom. The number of nitrogens with one attached hydrogen (secondary N) is 3. The van der Waals surface area contributed by atoms with Gasteiger partial charge in [0.05, 0.1) is 5.75 Å². The summed E-state index contributed by atoms with van der Waals surface area (Å²) >= 11 is 0. The molecule has 0 saturated heterocycles. The van der Waals surface area contributed by atoms with Gasteiger partial charge in [-0.3, -0.25) is 10.1 Å². The summed E-state index contributed by atoms with van der Waals surface area (Å²) in [6.07, 6.45) is 0.827. The number of hydrogen-bond acceptors (Lipinski definition) is 6. The molecule has 3 N–H and O–H groups in total. The topological polar surface area (TPSA) is 133 Å². The number of benzene rings is 2. The number of alkyl carbamates (subject to hydrolysis) is 1. The van der Waals surface area contributed by atoms with E-state index in [1.165, 1.54) is 31.3 Å². The van der Waals surface area contributed by atoms with Crippen LogP contribution in [0.1, 0.15) is 43.6 Å². The SMILES string of the molecule is CN1C(NC(=O)OC(C)(C)C)=N[C@](C)(c2c[nH]c3ccc(NC(=O)c4ccc(F)cc4)cc23)CS1(=O)=O. The van der Waals surface area contributed by atoms with Gasteiger partial charge in [0.25, 0.3) is 5.91 Å². The monoisotopic (exact) mass is 529 g/mol. The third-order valence-electron chi connectivity index (χ3n) is 5.77. The van der Waals surface area contributed by atoms with Gasteiger partial charge in [0.2, 0.25) is 16.0 Å². The predicted molar refractivity (Wildman–Crippen MR) is 138 cm³/mol. The van der Waals surface area contributed by atoms with Crippen LogP contribution in [0.3, 0.4) is 0 Å². The summed E-state index contributed by atoms with van der Waals surface area (Å²) < 4.78 is 45.5. The summed E-state index contributed by atoms with van der Waals surface area (Å²) in [5.74, 6) is -1.39. The van der Waals surface area contributed by atoms with Crippen molar-refractivity contribution in [2.45, 2.75) is 38.8 Å². The number of amides is 2. The maximum atomic E-state index is 13.2. The van der Waals surface area contributed by atoms with Gasteiger partial charge < -0.3 is 15.0 Å². The molecular formula is C25H28FN5O5S. The predicted octanol–water partition coefficient (Wildman–Crippen LogP) is 3.93. The molecule has 1 aliphatic heterocycles. The molecule has 3 aromatic rings. The second kappa shape index (κ2) is 9.18. The third-order valence-corrected chi connectivity index (χ3v) is 7.71. The fourth-order valence-electron chi connectivity index (χ4n) is 4.01. The highest BCUT2D eigenvalue weighted by Crippen LogP contribution is 2.37. The van der Waals surface area contributed by atoms with Crippen LogP contribution in [0.2, 0.25) is 0 Å². The van der Waals surface area contributed by atoms with Gasteiger partial charge in [0.15, 0.2) is 0 Å². The summed E-state index contributed by atoms with van der Waals surface area (Å²) in [6, 6.07) is 10.3. The molecule has 1 atom stereocenters. The minimum atomic E-state index is -3.85. The second-order valence-electron chi connectivity index (χ2n) is 9.98. The van der Waals surface area contributed by atoms with Gasteiger partial charge in [-0.25, -0.2) is 26.9 Å². The van der Waals surface area contributed by atoms with Crippen molar-refractivity contribution in [2.75, 3.05) is 18.1 Å². The Hall–Kier alpha value is -3.93. The van der Waals surface area contributed by atoms with E-state index < -0.39 is 39.0 Å². The quantitative estimate of drug-likeness (QED) is 0.473. The zero-order chi connectivity index (χ0) is 27.2. The Labute approximate surface area is 214 Å². The number of sulfonamides is 1. The molecule has 196 valence electrons. The van der Waals surface area contributed by atoms with Crippen molar-refractivity contribution >= 4 is 44.6 Å². The summed E-state index contributed by atoms with van der Waals surface area (Å²) in [5, 5.41) is 5.86. The van der Waals surface area contributed by atoms with E-state index in [1.807, 2.05) is 0 Å². The molecule has 2 aromatic carbocycles. The number of carbonyl (C=O) groups is 2. The molecule has 12 heteroatoms. The van der Waals surface area contributed by atoms with Crippen LogP contribution in [-0.4, -0.2) is 54.1 Å². The molecule has 0 fully saturated rings. The number of carbonyl (C=O) groups excluding carboxylic acids is 2. The maximum absolute atomic E-state index is 13.2. The molecule has 37 heavy (non-hydrogen) atoms. The van der Waals surface area contributed by atoms with Gasteiger partial charge in [-0.05, 0) is 70.2 Å². The van der Waals surface area contributed by atoms with Crippen molar-refractivity contribution in [1.82, 2.24) is 14.6 Å². The van der Waals surface area contributed by atoms with Crippen LogP contribution in [0.25, 0.3) is 10.9 Å².